The fourth-order valence-corrected chi connectivity index (χ4v) is 0.656. The van der Waals surface area contributed by atoms with Gasteiger partial charge in [0.15, 0.2) is 0 Å². The smallest absolute Gasteiger partial charge is 0.0950 e. The van der Waals surface area contributed by atoms with Gasteiger partial charge >= 0.3 is 0 Å². The maximum absolute atomic E-state index is 8.96. The Morgan fingerprint density at radius 3 is 2.67 bits per heavy atom. The Bertz CT molecular complexity index is 193. The number of hydrogen-bond donors (Lipinski definition) is 1. The highest BCUT2D eigenvalue weighted by Crippen LogP contribution is 2.06. The molecule has 1 heterocycles. The second-order valence-corrected chi connectivity index (χ2v) is 2.09. The topological polar surface area (TPSA) is 38.0 Å². The summed E-state index contributed by atoms with van der Waals surface area (Å²) in [6.45, 7) is 1.70. The molecule has 1 rings (SSSR count). The van der Waals surface area contributed by atoms with Crippen molar-refractivity contribution in [3.8, 4) is 0 Å². The zero-order chi connectivity index (χ0) is 6.85. The number of aromatic nitrogens is 2. The van der Waals surface area contributed by atoms with E-state index in [1.54, 1.807) is 17.7 Å². The molecule has 0 radical (unpaired) electrons. The first-order valence-corrected chi connectivity index (χ1v) is 2.88. The van der Waals surface area contributed by atoms with Crippen molar-refractivity contribution < 1.29 is 5.11 Å². The van der Waals surface area contributed by atoms with Gasteiger partial charge in [-0.25, -0.2) is 0 Å². The lowest BCUT2D eigenvalue weighted by molar-refractivity contribution is 0.193. The van der Waals surface area contributed by atoms with E-state index in [1.165, 1.54) is 0 Å². The zero-order valence-electron chi connectivity index (χ0n) is 5.57. The highest BCUT2D eigenvalue weighted by Gasteiger charge is 2.01. The zero-order valence-corrected chi connectivity index (χ0v) is 5.57. The van der Waals surface area contributed by atoms with Crippen LogP contribution < -0.4 is 0 Å². The van der Waals surface area contributed by atoms with Gasteiger partial charge in [0.1, 0.15) is 0 Å². The molecule has 0 bridgehead atoms. The predicted octanol–water partition coefficient (Wildman–Crippen LogP) is 0.473. The summed E-state index contributed by atoms with van der Waals surface area (Å²) in [6, 6.07) is 1.80. The van der Waals surface area contributed by atoms with Gasteiger partial charge in [0, 0.05) is 13.2 Å². The third kappa shape index (κ3) is 1.29. The number of hydrogen-bond acceptors (Lipinski definition) is 2. The summed E-state index contributed by atoms with van der Waals surface area (Å²) >= 11 is 0. The van der Waals surface area contributed by atoms with Gasteiger partial charge in [-0.15, -0.1) is 0 Å². The van der Waals surface area contributed by atoms with Crippen LogP contribution in [-0.2, 0) is 7.05 Å². The Morgan fingerprint density at radius 2 is 2.44 bits per heavy atom. The molecule has 0 aromatic carbocycles. The molecule has 0 saturated carbocycles. The maximum Gasteiger partial charge on any atom is 0.0950 e. The molecule has 0 aliphatic carbocycles. The van der Waals surface area contributed by atoms with Crippen molar-refractivity contribution in [2.24, 2.45) is 7.05 Å². The van der Waals surface area contributed by atoms with Gasteiger partial charge in [-0.2, -0.15) is 5.10 Å². The normalized spacial score (nSPS) is 13.7. The molecule has 0 amide bonds. The number of nitrogens with zero attached hydrogens (tertiary/aromatic N) is 2. The van der Waals surface area contributed by atoms with Crippen LogP contribution in [0.1, 0.15) is 18.7 Å². The minimum atomic E-state index is -0.453. The number of aliphatic hydroxyl groups excluding tert-OH is 1. The van der Waals surface area contributed by atoms with E-state index in [4.69, 9.17) is 5.11 Å². The fourth-order valence-electron chi connectivity index (χ4n) is 0.656. The Hall–Kier alpha value is -0.830. The van der Waals surface area contributed by atoms with Crippen molar-refractivity contribution in [3.63, 3.8) is 0 Å². The molecule has 1 N–H and O–H groups in total. The average molecular weight is 126 g/mol. The Labute approximate surface area is 53.9 Å². The Kier molecular flexibility index (Phi) is 1.53. The molecular formula is C6H10N2O. The fraction of sp³-hybridized carbons (Fsp3) is 0.500. The third-order valence-electron chi connectivity index (χ3n) is 1.16. The van der Waals surface area contributed by atoms with Crippen LogP contribution in [0.25, 0.3) is 0 Å². The highest BCUT2D eigenvalue weighted by molar-refractivity contribution is 5.00. The molecule has 1 aromatic rings. The van der Waals surface area contributed by atoms with E-state index in [9.17, 15) is 0 Å². The molecule has 0 saturated heterocycles. The lowest BCUT2D eigenvalue weighted by atomic mass is 10.3. The van der Waals surface area contributed by atoms with Crippen LogP contribution in [0.3, 0.4) is 0 Å². The largest absolute Gasteiger partial charge is 0.387 e. The summed E-state index contributed by atoms with van der Waals surface area (Å²) in [5.41, 5.74) is 0.720. The van der Waals surface area contributed by atoms with E-state index in [2.05, 4.69) is 5.10 Å². The van der Waals surface area contributed by atoms with Gasteiger partial charge in [0.2, 0.25) is 0 Å². The van der Waals surface area contributed by atoms with Crippen molar-refractivity contribution in [1.82, 2.24) is 9.78 Å². The molecule has 0 aliphatic rings. The number of aryl methyl sites for hydroxylation is 1. The summed E-state index contributed by atoms with van der Waals surface area (Å²) < 4.78 is 1.67. The van der Waals surface area contributed by atoms with E-state index in [-0.39, 0.29) is 0 Å². The first-order valence-electron chi connectivity index (χ1n) is 2.88. The highest BCUT2D eigenvalue weighted by atomic mass is 16.3. The lowest BCUT2D eigenvalue weighted by Gasteiger charge is -1.95. The number of rotatable bonds is 1. The second kappa shape index (κ2) is 2.19. The summed E-state index contributed by atoms with van der Waals surface area (Å²) in [7, 11) is 1.83. The van der Waals surface area contributed by atoms with Crippen LogP contribution in [-0.4, -0.2) is 14.9 Å². The van der Waals surface area contributed by atoms with Gasteiger partial charge in [-0.3, -0.25) is 4.68 Å². The minimum absolute atomic E-state index is 0.453. The van der Waals surface area contributed by atoms with E-state index >= 15 is 0 Å². The third-order valence-corrected chi connectivity index (χ3v) is 1.16. The SMILES string of the molecule is C[C@H](O)c1ccn(C)n1. The first-order chi connectivity index (χ1) is 4.20. The van der Waals surface area contributed by atoms with Gasteiger partial charge in [-0.1, -0.05) is 0 Å². The van der Waals surface area contributed by atoms with E-state index in [0.717, 1.165) is 5.69 Å². The van der Waals surface area contributed by atoms with Crippen molar-refractivity contribution in [3.05, 3.63) is 18.0 Å². The summed E-state index contributed by atoms with van der Waals surface area (Å²) in [4.78, 5) is 0. The molecule has 9 heavy (non-hydrogen) atoms. The quantitative estimate of drug-likeness (QED) is 0.594. The monoisotopic (exact) mass is 126 g/mol. The molecule has 0 unspecified atom stereocenters. The maximum atomic E-state index is 8.96. The first kappa shape index (κ1) is 6.29. The van der Waals surface area contributed by atoms with Crippen molar-refractivity contribution in [2.45, 2.75) is 13.0 Å². The Balaban J connectivity index is 2.85. The average Bonchev–Trinajstić information content (AvgIpc) is 2.14. The van der Waals surface area contributed by atoms with Crippen LogP contribution in [0.4, 0.5) is 0 Å². The van der Waals surface area contributed by atoms with Crippen LogP contribution in [0.2, 0.25) is 0 Å². The standard InChI is InChI=1S/C6H10N2O/c1-5(9)6-3-4-8(2)7-6/h3-5,9H,1-2H3/t5-/m0/s1. The Morgan fingerprint density at radius 1 is 1.78 bits per heavy atom. The van der Waals surface area contributed by atoms with Crippen LogP contribution in [0.5, 0.6) is 0 Å². The predicted molar refractivity (Wildman–Crippen MR) is 33.8 cm³/mol. The molecule has 3 nitrogen and oxygen atoms in total. The van der Waals surface area contributed by atoms with Gasteiger partial charge in [-0.05, 0) is 13.0 Å². The molecule has 1 atom stereocenters. The minimum Gasteiger partial charge on any atom is -0.387 e. The lowest BCUT2D eigenvalue weighted by Crippen LogP contribution is -1.94. The second-order valence-electron chi connectivity index (χ2n) is 2.09. The van der Waals surface area contributed by atoms with Gasteiger partial charge in [0.05, 0.1) is 11.8 Å². The molecular weight excluding hydrogens is 116 g/mol. The van der Waals surface area contributed by atoms with Crippen LogP contribution in [0, 0.1) is 0 Å². The van der Waals surface area contributed by atoms with Crippen LogP contribution >= 0.6 is 0 Å². The molecule has 0 aliphatic heterocycles. The van der Waals surface area contributed by atoms with Crippen molar-refractivity contribution in [2.75, 3.05) is 0 Å². The molecule has 0 fully saturated rings. The van der Waals surface area contributed by atoms with Gasteiger partial charge < -0.3 is 5.11 Å². The molecule has 1 aromatic heterocycles. The summed E-state index contributed by atoms with van der Waals surface area (Å²) in [6.07, 6.45) is 1.35. The molecule has 3 heteroatoms. The van der Waals surface area contributed by atoms with Gasteiger partial charge in [0.25, 0.3) is 0 Å². The van der Waals surface area contributed by atoms with E-state index in [1.807, 2.05) is 13.2 Å². The molecule has 50 valence electrons. The number of aliphatic hydroxyl groups is 1. The van der Waals surface area contributed by atoms with Crippen LogP contribution in [0.15, 0.2) is 12.3 Å². The summed E-state index contributed by atoms with van der Waals surface area (Å²) in [5.74, 6) is 0. The molecule has 0 spiro atoms. The van der Waals surface area contributed by atoms with Crippen molar-refractivity contribution >= 4 is 0 Å². The van der Waals surface area contributed by atoms with E-state index in [0.29, 0.717) is 0 Å². The van der Waals surface area contributed by atoms with E-state index < -0.39 is 6.10 Å². The summed E-state index contributed by atoms with van der Waals surface area (Å²) in [5, 5.41) is 12.9. The van der Waals surface area contributed by atoms with Crippen molar-refractivity contribution in [1.29, 1.82) is 0 Å².